The number of benzene rings is 2. The van der Waals surface area contributed by atoms with Gasteiger partial charge in [0.1, 0.15) is 5.82 Å². The molecule has 0 aliphatic heterocycles. The van der Waals surface area contributed by atoms with Crippen molar-refractivity contribution >= 4 is 22.6 Å². The molecule has 1 amide bonds. The number of ether oxygens (including phenoxy) is 1. The lowest BCUT2D eigenvalue weighted by atomic mass is 9.80. The quantitative estimate of drug-likeness (QED) is 0.433. The molecular formula is C26H29F2N3O2. The van der Waals surface area contributed by atoms with E-state index in [-0.39, 0.29) is 11.5 Å². The van der Waals surface area contributed by atoms with Crippen LogP contribution in [0, 0.1) is 5.92 Å². The predicted octanol–water partition coefficient (Wildman–Crippen LogP) is 5.37. The van der Waals surface area contributed by atoms with Crippen LogP contribution >= 0.6 is 0 Å². The molecule has 0 bridgehead atoms. The fourth-order valence-corrected chi connectivity index (χ4v) is 4.26. The van der Waals surface area contributed by atoms with Crippen molar-refractivity contribution in [2.75, 3.05) is 25.5 Å². The number of para-hydroxylation sites is 1. The van der Waals surface area contributed by atoms with Gasteiger partial charge in [-0.3, -0.25) is 4.79 Å². The lowest BCUT2D eigenvalue weighted by Gasteiger charge is -2.34. The topological polar surface area (TPSA) is 63.2 Å². The van der Waals surface area contributed by atoms with Crippen molar-refractivity contribution in [1.82, 2.24) is 10.3 Å². The Labute approximate surface area is 192 Å². The summed E-state index contributed by atoms with van der Waals surface area (Å²) in [6.45, 7) is 1.14. The molecule has 5 nitrogen and oxygen atoms in total. The normalized spacial score (nSPS) is 17.7. The first-order valence-corrected chi connectivity index (χ1v) is 11.3. The lowest BCUT2D eigenvalue weighted by molar-refractivity contribution is -0.000339. The standard InChI is InChI=1S/C26H29F2N3O2/c1-33-20-14-18(15-20)10-11-29-24-16-22(21-7-2-3-8-23(21)31-24)26(32)30-12-9-17-5-4-6-19(13-17)25(27)28/h2-8,13,16,18,20,25H,9-12,14-15H2,1H3,(H,29,31)(H,30,32). The van der Waals surface area contributed by atoms with Gasteiger partial charge >= 0.3 is 0 Å². The molecule has 174 valence electrons. The van der Waals surface area contributed by atoms with Gasteiger partial charge in [-0.2, -0.15) is 0 Å². The number of halogens is 2. The Kier molecular flexibility index (Phi) is 7.50. The summed E-state index contributed by atoms with van der Waals surface area (Å²) in [6, 6.07) is 15.6. The number of methoxy groups -OCH3 is 1. The second-order valence-corrected chi connectivity index (χ2v) is 8.53. The summed E-state index contributed by atoms with van der Waals surface area (Å²) in [5.74, 6) is 1.13. The van der Waals surface area contributed by atoms with Crippen molar-refractivity contribution in [3.05, 3.63) is 71.3 Å². The van der Waals surface area contributed by atoms with E-state index >= 15 is 0 Å². The lowest BCUT2D eigenvalue weighted by Crippen LogP contribution is -2.31. The Morgan fingerprint density at radius 1 is 1.12 bits per heavy atom. The second-order valence-electron chi connectivity index (χ2n) is 8.53. The van der Waals surface area contributed by atoms with Crippen LogP contribution in [-0.4, -0.2) is 37.2 Å². The van der Waals surface area contributed by atoms with Gasteiger partial charge in [0, 0.05) is 31.1 Å². The Bertz CT molecular complexity index is 1100. The molecular weight excluding hydrogens is 424 g/mol. The molecule has 1 aliphatic carbocycles. The average molecular weight is 454 g/mol. The highest BCUT2D eigenvalue weighted by Gasteiger charge is 2.28. The number of carbonyl (C=O) groups is 1. The Morgan fingerprint density at radius 3 is 2.73 bits per heavy atom. The van der Waals surface area contributed by atoms with Gasteiger partial charge in [-0.25, -0.2) is 13.8 Å². The molecule has 4 rings (SSSR count). The molecule has 1 heterocycles. The van der Waals surface area contributed by atoms with Crippen LogP contribution < -0.4 is 10.6 Å². The van der Waals surface area contributed by atoms with E-state index in [9.17, 15) is 13.6 Å². The zero-order valence-electron chi connectivity index (χ0n) is 18.7. The highest BCUT2D eigenvalue weighted by molar-refractivity contribution is 6.06. The number of fused-ring (bicyclic) bond motifs is 1. The smallest absolute Gasteiger partial charge is 0.263 e. The molecule has 0 atom stereocenters. The highest BCUT2D eigenvalue weighted by atomic mass is 19.3. The summed E-state index contributed by atoms with van der Waals surface area (Å²) in [5, 5.41) is 7.06. The number of pyridine rings is 1. The van der Waals surface area contributed by atoms with Crippen LogP contribution in [0.2, 0.25) is 0 Å². The fraction of sp³-hybridized carbons (Fsp3) is 0.385. The molecule has 0 spiro atoms. The minimum absolute atomic E-state index is 0.00527. The maximum absolute atomic E-state index is 13.0. The number of amides is 1. The maximum atomic E-state index is 13.0. The van der Waals surface area contributed by atoms with E-state index in [4.69, 9.17) is 4.74 Å². The van der Waals surface area contributed by atoms with Gasteiger partial charge in [-0.15, -0.1) is 0 Å². The molecule has 2 N–H and O–H groups in total. The van der Waals surface area contributed by atoms with Crippen molar-refractivity contribution < 1.29 is 18.3 Å². The minimum atomic E-state index is -2.50. The van der Waals surface area contributed by atoms with Gasteiger partial charge in [-0.05, 0) is 49.3 Å². The first-order valence-electron chi connectivity index (χ1n) is 11.3. The Balaban J connectivity index is 1.39. The molecule has 1 fully saturated rings. The van der Waals surface area contributed by atoms with Crippen molar-refractivity contribution in [1.29, 1.82) is 0 Å². The van der Waals surface area contributed by atoms with Gasteiger partial charge in [0.05, 0.1) is 17.2 Å². The zero-order valence-corrected chi connectivity index (χ0v) is 18.7. The van der Waals surface area contributed by atoms with Crippen molar-refractivity contribution in [2.45, 2.75) is 38.2 Å². The Hall–Kier alpha value is -3.06. The largest absolute Gasteiger partial charge is 0.381 e. The molecule has 7 heteroatoms. The van der Waals surface area contributed by atoms with E-state index in [1.807, 2.05) is 24.3 Å². The molecule has 0 saturated heterocycles. The van der Waals surface area contributed by atoms with Gasteiger partial charge in [0.25, 0.3) is 12.3 Å². The van der Waals surface area contributed by atoms with Gasteiger partial charge < -0.3 is 15.4 Å². The van der Waals surface area contributed by atoms with E-state index < -0.39 is 6.43 Å². The summed E-state index contributed by atoms with van der Waals surface area (Å²) in [5.41, 5.74) is 2.06. The summed E-state index contributed by atoms with van der Waals surface area (Å²) >= 11 is 0. The van der Waals surface area contributed by atoms with Gasteiger partial charge in [0.2, 0.25) is 0 Å². The van der Waals surface area contributed by atoms with Crippen LogP contribution in [0.1, 0.15) is 47.2 Å². The number of alkyl halides is 2. The number of rotatable bonds is 10. The van der Waals surface area contributed by atoms with Crippen LogP contribution in [0.5, 0.6) is 0 Å². The fourth-order valence-electron chi connectivity index (χ4n) is 4.26. The third kappa shape index (κ3) is 5.85. The van der Waals surface area contributed by atoms with Crippen LogP contribution in [0.4, 0.5) is 14.6 Å². The van der Waals surface area contributed by atoms with E-state index in [1.165, 1.54) is 12.1 Å². The average Bonchev–Trinajstić information content (AvgIpc) is 2.80. The van der Waals surface area contributed by atoms with Crippen LogP contribution in [0.3, 0.4) is 0 Å². The Morgan fingerprint density at radius 2 is 1.94 bits per heavy atom. The minimum Gasteiger partial charge on any atom is -0.381 e. The molecule has 1 aliphatic rings. The van der Waals surface area contributed by atoms with Gasteiger partial charge in [-0.1, -0.05) is 42.5 Å². The third-order valence-corrected chi connectivity index (χ3v) is 6.25. The number of hydrogen-bond acceptors (Lipinski definition) is 4. The molecule has 3 aromatic rings. The van der Waals surface area contributed by atoms with E-state index in [0.717, 1.165) is 42.3 Å². The van der Waals surface area contributed by atoms with Crippen LogP contribution in [0.25, 0.3) is 10.9 Å². The molecule has 0 unspecified atom stereocenters. The van der Waals surface area contributed by atoms with E-state index in [2.05, 4.69) is 15.6 Å². The molecule has 2 aromatic carbocycles. The molecule has 1 aromatic heterocycles. The van der Waals surface area contributed by atoms with E-state index in [1.54, 1.807) is 25.3 Å². The summed E-state index contributed by atoms with van der Waals surface area (Å²) in [6.07, 6.45) is 1.59. The summed E-state index contributed by atoms with van der Waals surface area (Å²) < 4.78 is 31.2. The number of hydrogen-bond donors (Lipinski definition) is 2. The second kappa shape index (κ2) is 10.7. The maximum Gasteiger partial charge on any atom is 0.263 e. The van der Waals surface area contributed by atoms with Crippen LogP contribution in [0.15, 0.2) is 54.6 Å². The monoisotopic (exact) mass is 453 g/mol. The van der Waals surface area contributed by atoms with Crippen molar-refractivity contribution in [2.24, 2.45) is 5.92 Å². The number of anilines is 1. The summed E-state index contributed by atoms with van der Waals surface area (Å²) in [7, 11) is 1.76. The molecule has 33 heavy (non-hydrogen) atoms. The highest BCUT2D eigenvalue weighted by Crippen LogP contribution is 2.32. The van der Waals surface area contributed by atoms with E-state index in [0.29, 0.717) is 36.4 Å². The molecule has 0 radical (unpaired) electrons. The third-order valence-electron chi connectivity index (χ3n) is 6.25. The van der Waals surface area contributed by atoms with Gasteiger partial charge in [0.15, 0.2) is 0 Å². The van der Waals surface area contributed by atoms with Crippen LogP contribution in [-0.2, 0) is 11.2 Å². The number of nitrogens with one attached hydrogen (secondary N) is 2. The first kappa shape index (κ1) is 23.1. The number of nitrogens with zero attached hydrogens (tertiary/aromatic N) is 1. The summed E-state index contributed by atoms with van der Waals surface area (Å²) in [4.78, 5) is 17.6. The predicted molar refractivity (Wildman–Crippen MR) is 126 cm³/mol. The number of aromatic nitrogens is 1. The zero-order chi connectivity index (χ0) is 23.2. The van der Waals surface area contributed by atoms with Crippen molar-refractivity contribution in [3.63, 3.8) is 0 Å². The molecule has 1 saturated carbocycles. The SMILES string of the molecule is COC1CC(CCNc2cc(C(=O)NCCc3cccc(C(F)F)c3)c3ccccc3n2)C1. The number of carbonyl (C=O) groups excluding carboxylic acids is 1. The van der Waals surface area contributed by atoms with Crippen molar-refractivity contribution in [3.8, 4) is 0 Å². The first-order chi connectivity index (χ1) is 16.0.